The average Bonchev–Trinajstić information content (AvgIpc) is 2.32. The Morgan fingerprint density at radius 1 is 1.20 bits per heavy atom. The fourth-order valence-electron chi connectivity index (χ4n) is 1.75. The van der Waals surface area contributed by atoms with Crippen LogP contribution in [0.1, 0.15) is 37.9 Å². The van der Waals surface area contributed by atoms with E-state index in [2.05, 4.69) is 45.0 Å². The van der Waals surface area contributed by atoms with Crippen LogP contribution < -0.4 is 5.73 Å². The molecule has 2 N–H and O–H groups in total. The topological polar surface area (TPSA) is 60.2 Å². The molecule has 0 aliphatic rings. The zero-order valence-electron chi connectivity index (χ0n) is 12.7. The molecule has 0 heterocycles. The molecule has 0 bridgehead atoms. The van der Waals surface area contributed by atoms with Gasteiger partial charge in [-0.05, 0) is 16.5 Å². The largest absolute Gasteiger partial charge is 0.323 e. The van der Waals surface area contributed by atoms with Crippen molar-refractivity contribution in [1.29, 1.82) is 0 Å². The van der Waals surface area contributed by atoms with Gasteiger partial charge in [0, 0.05) is 23.8 Å². The molecule has 20 heavy (non-hydrogen) atoms. The Bertz CT molecular complexity index is 516. The van der Waals surface area contributed by atoms with Crippen molar-refractivity contribution in [1.82, 2.24) is 0 Å². The summed E-state index contributed by atoms with van der Waals surface area (Å²) >= 11 is 1.59. The van der Waals surface area contributed by atoms with Gasteiger partial charge in [0.05, 0.1) is 5.75 Å². The van der Waals surface area contributed by atoms with Crippen LogP contribution in [0.15, 0.2) is 24.3 Å². The van der Waals surface area contributed by atoms with Gasteiger partial charge in [0.1, 0.15) is 9.84 Å². The number of hydrogen-bond donors (Lipinski definition) is 1. The van der Waals surface area contributed by atoms with Gasteiger partial charge in [0.2, 0.25) is 0 Å². The first-order chi connectivity index (χ1) is 9.09. The van der Waals surface area contributed by atoms with Crippen molar-refractivity contribution < 1.29 is 8.42 Å². The van der Waals surface area contributed by atoms with E-state index in [-0.39, 0.29) is 17.2 Å². The summed E-state index contributed by atoms with van der Waals surface area (Å²) in [4.78, 5) is 0. The Morgan fingerprint density at radius 3 is 2.20 bits per heavy atom. The summed E-state index contributed by atoms with van der Waals surface area (Å²) in [6.45, 7) is 6.55. The maximum Gasteiger partial charge on any atom is 0.148 e. The number of hydrogen-bond acceptors (Lipinski definition) is 4. The predicted molar refractivity (Wildman–Crippen MR) is 89.1 cm³/mol. The summed E-state index contributed by atoms with van der Waals surface area (Å²) < 4.78 is 22.1. The van der Waals surface area contributed by atoms with Crippen LogP contribution in [0.3, 0.4) is 0 Å². The van der Waals surface area contributed by atoms with Crippen molar-refractivity contribution >= 4 is 21.6 Å². The number of benzene rings is 1. The number of thioether (sulfide) groups is 1. The van der Waals surface area contributed by atoms with Crippen LogP contribution in [0.4, 0.5) is 0 Å². The molecular weight excluding hydrogens is 290 g/mol. The molecule has 0 aliphatic heterocycles. The second-order valence-corrected chi connectivity index (χ2v) is 9.59. The molecule has 0 amide bonds. The molecule has 5 heteroatoms. The molecule has 0 saturated heterocycles. The molecule has 0 saturated carbocycles. The minimum absolute atomic E-state index is 0.0476. The minimum atomic E-state index is -2.87. The monoisotopic (exact) mass is 315 g/mol. The molecule has 0 aliphatic carbocycles. The molecule has 114 valence electrons. The Morgan fingerprint density at radius 2 is 1.75 bits per heavy atom. The lowest BCUT2D eigenvalue weighted by Gasteiger charge is -2.20. The molecular formula is C15H25NO2S2. The van der Waals surface area contributed by atoms with Crippen molar-refractivity contribution in [2.45, 2.75) is 32.2 Å². The van der Waals surface area contributed by atoms with Crippen LogP contribution >= 0.6 is 11.8 Å². The van der Waals surface area contributed by atoms with E-state index in [4.69, 9.17) is 5.73 Å². The van der Waals surface area contributed by atoms with Crippen LogP contribution in [0.5, 0.6) is 0 Å². The van der Waals surface area contributed by atoms with Gasteiger partial charge in [-0.25, -0.2) is 8.42 Å². The number of rotatable bonds is 6. The number of sulfone groups is 1. The van der Waals surface area contributed by atoms with Crippen molar-refractivity contribution in [3.63, 3.8) is 0 Å². The predicted octanol–water partition coefficient (Wildman–Crippen LogP) is 2.76. The fourth-order valence-corrected chi connectivity index (χ4v) is 4.04. The van der Waals surface area contributed by atoms with Gasteiger partial charge in [-0.3, -0.25) is 0 Å². The molecule has 0 aromatic heterocycles. The first kappa shape index (κ1) is 17.5. The second kappa shape index (κ2) is 6.96. The van der Waals surface area contributed by atoms with E-state index in [1.54, 1.807) is 11.8 Å². The average molecular weight is 316 g/mol. The molecule has 1 unspecified atom stereocenters. The van der Waals surface area contributed by atoms with Crippen LogP contribution in [-0.2, 0) is 15.3 Å². The summed E-state index contributed by atoms with van der Waals surface area (Å²) in [5.74, 6) is 1.56. The molecule has 1 aromatic rings. The van der Waals surface area contributed by atoms with Gasteiger partial charge >= 0.3 is 0 Å². The van der Waals surface area contributed by atoms with Crippen molar-refractivity contribution in [3.05, 3.63) is 35.4 Å². The Labute approximate surface area is 127 Å². The third-order valence-corrected chi connectivity index (χ3v) is 5.39. The van der Waals surface area contributed by atoms with E-state index >= 15 is 0 Å². The van der Waals surface area contributed by atoms with Crippen LogP contribution in [0.25, 0.3) is 0 Å². The van der Waals surface area contributed by atoms with Crippen molar-refractivity contribution in [3.8, 4) is 0 Å². The van der Waals surface area contributed by atoms with Gasteiger partial charge in [-0.1, -0.05) is 45.0 Å². The maximum atomic E-state index is 11.0. The molecule has 0 radical (unpaired) electrons. The fraction of sp³-hybridized carbons (Fsp3) is 0.600. The third kappa shape index (κ3) is 6.29. The highest BCUT2D eigenvalue weighted by atomic mass is 32.2. The van der Waals surface area contributed by atoms with Crippen LogP contribution in [0.2, 0.25) is 0 Å². The summed E-state index contributed by atoms with van der Waals surface area (Å²) in [5.41, 5.74) is 8.67. The standard InChI is InChI=1S/C15H25NO2S2/c1-15(2,3)13-7-5-12(6-8-13)14(16)11-19-9-10-20(4,17)18/h5-8,14H,9-11,16H2,1-4H3. The lowest BCUT2D eigenvalue weighted by Crippen LogP contribution is -2.16. The van der Waals surface area contributed by atoms with Crippen molar-refractivity contribution in [2.75, 3.05) is 23.5 Å². The first-order valence-corrected chi connectivity index (χ1v) is 9.92. The van der Waals surface area contributed by atoms with Gasteiger partial charge < -0.3 is 5.73 Å². The van der Waals surface area contributed by atoms with E-state index in [0.29, 0.717) is 5.75 Å². The SMILES string of the molecule is CC(C)(C)c1ccc(C(N)CSCCS(C)(=O)=O)cc1. The summed E-state index contributed by atoms with van der Waals surface area (Å²) in [7, 11) is -2.87. The lowest BCUT2D eigenvalue weighted by atomic mass is 9.86. The van der Waals surface area contributed by atoms with Gasteiger partial charge in [0.25, 0.3) is 0 Å². The smallest absolute Gasteiger partial charge is 0.148 e. The van der Waals surface area contributed by atoms with Gasteiger partial charge in [-0.2, -0.15) is 11.8 Å². The van der Waals surface area contributed by atoms with Crippen LogP contribution in [0, 0.1) is 0 Å². The van der Waals surface area contributed by atoms with E-state index in [1.807, 2.05) is 0 Å². The molecule has 0 fully saturated rings. The quantitative estimate of drug-likeness (QED) is 0.820. The van der Waals surface area contributed by atoms with E-state index < -0.39 is 9.84 Å². The van der Waals surface area contributed by atoms with E-state index in [9.17, 15) is 8.42 Å². The van der Waals surface area contributed by atoms with Crippen molar-refractivity contribution in [2.24, 2.45) is 5.73 Å². The van der Waals surface area contributed by atoms with E-state index in [1.165, 1.54) is 11.8 Å². The Hall–Kier alpha value is -0.520. The van der Waals surface area contributed by atoms with Gasteiger partial charge in [-0.15, -0.1) is 0 Å². The first-order valence-electron chi connectivity index (χ1n) is 6.71. The highest BCUT2D eigenvalue weighted by molar-refractivity contribution is 8.00. The zero-order chi connectivity index (χ0) is 15.4. The van der Waals surface area contributed by atoms with Gasteiger partial charge in [0.15, 0.2) is 0 Å². The maximum absolute atomic E-state index is 11.0. The lowest BCUT2D eigenvalue weighted by molar-refractivity contribution is 0.589. The molecule has 1 aromatic carbocycles. The highest BCUT2D eigenvalue weighted by Crippen LogP contribution is 2.24. The Balaban J connectivity index is 2.50. The Kier molecular flexibility index (Phi) is 6.10. The molecule has 3 nitrogen and oxygen atoms in total. The summed E-state index contributed by atoms with van der Waals surface area (Å²) in [6, 6.07) is 8.34. The molecule has 1 rings (SSSR count). The summed E-state index contributed by atoms with van der Waals surface area (Å²) in [5, 5.41) is 0. The van der Waals surface area contributed by atoms with E-state index in [0.717, 1.165) is 11.3 Å². The molecule has 1 atom stereocenters. The normalized spacial score (nSPS) is 14.2. The summed E-state index contributed by atoms with van der Waals surface area (Å²) in [6.07, 6.45) is 1.26. The third-order valence-electron chi connectivity index (χ3n) is 3.10. The number of nitrogens with two attached hydrogens (primary N) is 1. The second-order valence-electron chi connectivity index (χ2n) is 6.18. The highest BCUT2D eigenvalue weighted by Gasteiger charge is 2.14. The minimum Gasteiger partial charge on any atom is -0.323 e. The van der Waals surface area contributed by atoms with Crippen LogP contribution in [-0.4, -0.2) is 31.9 Å². The zero-order valence-corrected chi connectivity index (χ0v) is 14.4. The molecule has 0 spiro atoms.